The van der Waals surface area contributed by atoms with E-state index in [1.165, 1.54) is 0 Å². The number of hydrogen-bond donors (Lipinski definition) is 0. The van der Waals surface area contributed by atoms with Crippen molar-refractivity contribution in [3.63, 3.8) is 0 Å². The fourth-order valence-electron chi connectivity index (χ4n) is 4.84. The molecule has 1 saturated heterocycles. The van der Waals surface area contributed by atoms with Crippen molar-refractivity contribution in [2.75, 3.05) is 26.9 Å². The average molecular weight is 542 g/mol. The first kappa shape index (κ1) is 23.9. The van der Waals surface area contributed by atoms with E-state index in [0.717, 1.165) is 35.7 Å². The first-order valence-electron chi connectivity index (χ1n) is 12.0. The Balaban J connectivity index is 1.63. The fraction of sp³-hybridized carbons (Fsp3) is 0.407. The summed E-state index contributed by atoms with van der Waals surface area (Å²) in [5, 5.41) is 0.432. The maximum atomic E-state index is 13.7. The van der Waals surface area contributed by atoms with E-state index in [9.17, 15) is 9.59 Å². The maximum absolute atomic E-state index is 13.7. The molecule has 0 spiro atoms. The summed E-state index contributed by atoms with van der Waals surface area (Å²) in [6, 6.07) is 10.2. The van der Waals surface area contributed by atoms with Crippen LogP contribution >= 0.6 is 15.9 Å². The summed E-state index contributed by atoms with van der Waals surface area (Å²) in [4.78, 5) is 29.0. The highest BCUT2D eigenvalue weighted by molar-refractivity contribution is 9.10. The molecule has 0 saturated carbocycles. The Morgan fingerprint density at radius 1 is 1.14 bits per heavy atom. The number of ether oxygens (including phenoxy) is 3. The molecule has 184 valence electrons. The van der Waals surface area contributed by atoms with E-state index in [-0.39, 0.29) is 23.2 Å². The molecular formula is C27H28BrNO6. The molecule has 0 N–H and O–H groups in total. The molecule has 0 aliphatic carbocycles. The van der Waals surface area contributed by atoms with E-state index >= 15 is 0 Å². The number of methoxy groups -OCH3 is 1. The molecule has 7 nitrogen and oxygen atoms in total. The van der Waals surface area contributed by atoms with Gasteiger partial charge in [0.05, 0.1) is 36.8 Å². The maximum Gasteiger partial charge on any atom is 0.291 e. The molecule has 2 aromatic carbocycles. The van der Waals surface area contributed by atoms with E-state index < -0.39 is 6.04 Å². The van der Waals surface area contributed by atoms with Gasteiger partial charge in [0.2, 0.25) is 5.76 Å². The third-order valence-corrected chi connectivity index (χ3v) is 7.10. The lowest BCUT2D eigenvalue weighted by Gasteiger charge is -2.28. The Hall–Kier alpha value is -2.84. The quantitative estimate of drug-likeness (QED) is 0.352. The smallest absolute Gasteiger partial charge is 0.291 e. The zero-order valence-electron chi connectivity index (χ0n) is 19.8. The molecule has 8 heteroatoms. The largest absolute Gasteiger partial charge is 0.493 e. The SMILES string of the molecule is CCCCOc1ccc(C2c3c(oc4ccc(Br)cc4c3=O)C(=O)N2CC2CCCO2)cc1OC. The second-order valence-electron chi connectivity index (χ2n) is 8.92. The number of carbonyl (C=O) groups is 1. The number of unbranched alkanes of at least 4 members (excludes halogenated alkanes) is 1. The second-order valence-corrected chi connectivity index (χ2v) is 9.84. The molecule has 2 aliphatic rings. The zero-order valence-corrected chi connectivity index (χ0v) is 21.4. The lowest BCUT2D eigenvalue weighted by Crippen LogP contribution is -2.36. The third-order valence-electron chi connectivity index (χ3n) is 6.61. The van der Waals surface area contributed by atoms with Crippen molar-refractivity contribution >= 4 is 32.8 Å². The van der Waals surface area contributed by atoms with E-state index in [0.29, 0.717) is 47.8 Å². The molecule has 0 radical (unpaired) electrons. The molecular weight excluding hydrogens is 514 g/mol. The highest BCUT2D eigenvalue weighted by atomic mass is 79.9. The van der Waals surface area contributed by atoms with Crippen LogP contribution in [-0.2, 0) is 4.74 Å². The van der Waals surface area contributed by atoms with E-state index in [1.807, 2.05) is 18.2 Å². The van der Waals surface area contributed by atoms with Gasteiger partial charge in [0.1, 0.15) is 5.58 Å². The normalized spacial score (nSPS) is 19.4. The van der Waals surface area contributed by atoms with Crippen molar-refractivity contribution in [2.24, 2.45) is 0 Å². The number of fused-ring (bicyclic) bond motifs is 2. The van der Waals surface area contributed by atoms with Crippen molar-refractivity contribution in [2.45, 2.75) is 44.8 Å². The lowest BCUT2D eigenvalue weighted by molar-refractivity contribution is 0.0486. The van der Waals surface area contributed by atoms with Crippen LogP contribution in [0.5, 0.6) is 11.5 Å². The number of nitrogens with zero attached hydrogens (tertiary/aromatic N) is 1. The molecule has 2 atom stereocenters. The van der Waals surface area contributed by atoms with Gasteiger partial charge in [-0.25, -0.2) is 0 Å². The highest BCUT2D eigenvalue weighted by Gasteiger charge is 2.44. The molecule has 2 unspecified atom stereocenters. The predicted octanol–water partition coefficient (Wildman–Crippen LogP) is 5.47. The van der Waals surface area contributed by atoms with E-state index in [2.05, 4.69) is 22.9 Å². The number of hydrogen-bond acceptors (Lipinski definition) is 6. The van der Waals surface area contributed by atoms with Crippen LogP contribution in [0.1, 0.15) is 60.3 Å². The van der Waals surface area contributed by atoms with Gasteiger partial charge in [-0.2, -0.15) is 0 Å². The van der Waals surface area contributed by atoms with Gasteiger partial charge in [-0.05, 0) is 55.2 Å². The van der Waals surface area contributed by atoms with Crippen LogP contribution in [0.3, 0.4) is 0 Å². The number of halogens is 1. The van der Waals surface area contributed by atoms with Gasteiger partial charge in [0.25, 0.3) is 5.91 Å². The van der Waals surface area contributed by atoms with Crippen LogP contribution in [0, 0.1) is 0 Å². The molecule has 1 amide bonds. The molecule has 3 heterocycles. The number of rotatable bonds is 8. The summed E-state index contributed by atoms with van der Waals surface area (Å²) in [5.74, 6) is 0.985. The molecule has 1 fully saturated rings. The van der Waals surface area contributed by atoms with Crippen LogP contribution in [0.4, 0.5) is 0 Å². The van der Waals surface area contributed by atoms with Crippen molar-refractivity contribution in [1.29, 1.82) is 0 Å². The summed E-state index contributed by atoms with van der Waals surface area (Å²) >= 11 is 3.44. The average Bonchev–Trinajstić information content (AvgIpc) is 3.47. The summed E-state index contributed by atoms with van der Waals surface area (Å²) in [7, 11) is 1.59. The topological polar surface area (TPSA) is 78.2 Å². The van der Waals surface area contributed by atoms with Crippen molar-refractivity contribution < 1.29 is 23.4 Å². The molecule has 2 aliphatic heterocycles. The van der Waals surface area contributed by atoms with Gasteiger partial charge in [-0.1, -0.05) is 35.3 Å². The minimum absolute atomic E-state index is 0.0760. The Kier molecular flexibility index (Phi) is 6.84. The number of amides is 1. The third kappa shape index (κ3) is 4.45. The molecule has 35 heavy (non-hydrogen) atoms. The van der Waals surface area contributed by atoms with Crippen molar-refractivity contribution in [1.82, 2.24) is 4.90 Å². The predicted molar refractivity (Wildman–Crippen MR) is 135 cm³/mol. The highest BCUT2D eigenvalue weighted by Crippen LogP contribution is 2.41. The van der Waals surface area contributed by atoms with Gasteiger partial charge in [-0.3, -0.25) is 9.59 Å². The molecule has 0 bridgehead atoms. The summed E-state index contributed by atoms with van der Waals surface area (Å²) < 4.78 is 24.1. The molecule has 3 aromatic rings. The fourth-order valence-corrected chi connectivity index (χ4v) is 5.20. The van der Waals surface area contributed by atoms with Gasteiger partial charge >= 0.3 is 0 Å². The lowest BCUT2D eigenvalue weighted by atomic mass is 9.97. The summed E-state index contributed by atoms with van der Waals surface area (Å²) in [6.07, 6.45) is 3.72. The minimum Gasteiger partial charge on any atom is -0.493 e. The summed E-state index contributed by atoms with van der Waals surface area (Å²) in [6.45, 7) is 3.75. The van der Waals surface area contributed by atoms with Crippen LogP contribution in [0.2, 0.25) is 0 Å². The van der Waals surface area contributed by atoms with Crippen LogP contribution in [0.15, 0.2) is 50.1 Å². The van der Waals surface area contributed by atoms with E-state index in [1.54, 1.807) is 30.2 Å². The summed E-state index contributed by atoms with van der Waals surface area (Å²) in [5.41, 5.74) is 1.29. The number of carbonyl (C=O) groups excluding carboxylic acids is 1. The first-order valence-corrected chi connectivity index (χ1v) is 12.8. The molecule has 5 rings (SSSR count). The monoisotopic (exact) mass is 541 g/mol. The van der Waals surface area contributed by atoms with Crippen LogP contribution < -0.4 is 14.9 Å². The Morgan fingerprint density at radius 2 is 2.00 bits per heavy atom. The van der Waals surface area contributed by atoms with Gasteiger partial charge < -0.3 is 23.5 Å². The van der Waals surface area contributed by atoms with Crippen LogP contribution in [0.25, 0.3) is 11.0 Å². The van der Waals surface area contributed by atoms with Gasteiger partial charge in [-0.15, -0.1) is 0 Å². The minimum atomic E-state index is -0.611. The Bertz CT molecular complexity index is 1310. The Morgan fingerprint density at radius 3 is 2.74 bits per heavy atom. The van der Waals surface area contributed by atoms with Crippen molar-refractivity contribution in [3.8, 4) is 11.5 Å². The Labute approximate surface area is 212 Å². The molecule has 1 aromatic heterocycles. The van der Waals surface area contributed by atoms with Crippen LogP contribution in [-0.4, -0.2) is 43.8 Å². The van der Waals surface area contributed by atoms with Gasteiger partial charge in [0.15, 0.2) is 16.9 Å². The number of benzene rings is 2. The standard InChI is InChI=1S/C27H28BrNO6/c1-3-4-11-34-21-9-7-16(13-22(21)32-2)24-23-25(30)19-14-17(28)8-10-20(19)35-26(23)27(31)29(24)15-18-6-5-12-33-18/h7-10,13-14,18,24H,3-6,11-12,15H2,1-2H3. The van der Waals surface area contributed by atoms with Crippen molar-refractivity contribution in [3.05, 3.63) is 68.0 Å². The first-order chi connectivity index (χ1) is 17.0. The van der Waals surface area contributed by atoms with E-state index in [4.69, 9.17) is 18.6 Å². The second kappa shape index (κ2) is 10.0. The zero-order chi connectivity index (χ0) is 24.5. The van der Waals surface area contributed by atoms with Gasteiger partial charge in [0, 0.05) is 17.6 Å².